The van der Waals surface area contributed by atoms with Crippen molar-refractivity contribution in [1.29, 1.82) is 0 Å². The molecule has 5 heteroatoms. The van der Waals surface area contributed by atoms with Gasteiger partial charge in [-0.25, -0.2) is 4.79 Å². The average molecular weight is 222 g/mol. The number of hydrogen-bond acceptors (Lipinski definition) is 4. The molecule has 1 aromatic rings. The number of methoxy groups -OCH3 is 1. The van der Waals surface area contributed by atoms with Crippen LogP contribution in [0.3, 0.4) is 0 Å². The van der Waals surface area contributed by atoms with Gasteiger partial charge in [-0.05, 0) is 25.2 Å². The molecule has 86 valence electrons. The summed E-state index contributed by atoms with van der Waals surface area (Å²) < 4.78 is 4.58. The van der Waals surface area contributed by atoms with Crippen LogP contribution >= 0.6 is 0 Å². The van der Waals surface area contributed by atoms with Crippen LogP contribution in [0.2, 0.25) is 0 Å². The Hall–Kier alpha value is -1.88. The maximum absolute atomic E-state index is 11.3. The van der Waals surface area contributed by atoms with E-state index in [-0.39, 0.29) is 12.5 Å². The van der Waals surface area contributed by atoms with Crippen LogP contribution in [0.5, 0.6) is 0 Å². The van der Waals surface area contributed by atoms with Crippen molar-refractivity contribution in [2.75, 3.05) is 26.0 Å². The highest BCUT2D eigenvalue weighted by atomic mass is 16.5. The summed E-state index contributed by atoms with van der Waals surface area (Å²) in [4.78, 5) is 22.5. The molecule has 0 radical (unpaired) electrons. The molecule has 16 heavy (non-hydrogen) atoms. The molecule has 0 aliphatic carbocycles. The van der Waals surface area contributed by atoms with Crippen LogP contribution in [0.25, 0.3) is 0 Å². The molecule has 1 aromatic carbocycles. The first-order valence-electron chi connectivity index (χ1n) is 4.80. The first kappa shape index (κ1) is 12.2. The summed E-state index contributed by atoms with van der Waals surface area (Å²) in [5, 5.41) is 5.39. The lowest BCUT2D eigenvalue weighted by Gasteiger charge is -2.06. The van der Waals surface area contributed by atoms with Crippen LogP contribution < -0.4 is 10.6 Å². The Bertz CT molecular complexity index is 391. The van der Waals surface area contributed by atoms with Gasteiger partial charge in [0.15, 0.2) is 0 Å². The molecule has 5 nitrogen and oxygen atoms in total. The van der Waals surface area contributed by atoms with Crippen LogP contribution in [-0.2, 0) is 9.53 Å². The van der Waals surface area contributed by atoms with Crippen molar-refractivity contribution in [3.8, 4) is 0 Å². The average Bonchev–Trinajstić information content (AvgIpc) is 2.28. The molecule has 0 unspecified atom stereocenters. The molecule has 0 atom stereocenters. The summed E-state index contributed by atoms with van der Waals surface area (Å²) in [6.45, 7) is 0.225. The first-order valence-corrected chi connectivity index (χ1v) is 4.80. The molecule has 0 bridgehead atoms. The predicted octanol–water partition coefficient (Wildman–Crippen LogP) is 0.631. The van der Waals surface area contributed by atoms with Gasteiger partial charge in [-0.3, -0.25) is 4.79 Å². The zero-order valence-corrected chi connectivity index (χ0v) is 9.24. The zero-order valence-electron chi connectivity index (χ0n) is 9.24. The summed E-state index contributed by atoms with van der Waals surface area (Å²) in [7, 11) is 3.00. The topological polar surface area (TPSA) is 67.4 Å². The summed E-state index contributed by atoms with van der Waals surface area (Å²) in [5.41, 5.74) is 0.980. The standard InChI is InChI=1S/C11H14N2O3/c1-12-7-10(14)13-9-5-3-4-8(6-9)11(15)16-2/h3-6,12H,7H2,1-2H3,(H,13,14). The number of hydrogen-bond donors (Lipinski definition) is 2. The Labute approximate surface area is 93.8 Å². The smallest absolute Gasteiger partial charge is 0.337 e. The Morgan fingerprint density at radius 3 is 2.75 bits per heavy atom. The molecule has 1 rings (SSSR count). The summed E-state index contributed by atoms with van der Waals surface area (Å²) in [5.74, 6) is -0.589. The van der Waals surface area contributed by atoms with Gasteiger partial charge >= 0.3 is 5.97 Å². The number of carbonyl (C=O) groups excluding carboxylic acids is 2. The van der Waals surface area contributed by atoms with E-state index < -0.39 is 5.97 Å². The number of rotatable bonds is 4. The lowest BCUT2D eigenvalue weighted by atomic mass is 10.2. The number of carbonyl (C=O) groups is 2. The van der Waals surface area contributed by atoms with Crippen molar-refractivity contribution in [3.05, 3.63) is 29.8 Å². The molecule has 2 N–H and O–H groups in total. The number of likely N-dealkylation sites (N-methyl/N-ethyl adjacent to an activating group) is 1. The number of esters is 1. The van der Waals surface area contributed by atoms with Crippen LogP contribution in [0.15, 0.2) is 24.3 Å². The monoisotopic (exact) mass is 222 g/mol. The maximum atomic E-state index is 11.3. The summed E-state index contributed by atoms with van der Waals surface area (Å²) >= 11 is 0. The minimum atomic E-state index is -0.426. The van der Waals surface area contributed by atoms with Gasteiger partial charge < -0.3 is 15.4 Å². The van der Waals surface area contributed by atoms with Crippen molar-refractivity contribution in [2.45, 2.75) is 0 Å². The van der Waals surface area contributed by atoms with E-state index in [9.17, 15) is 9.59 Å². The summed E-state index contributed by atoms with van der Waals surface area (Å²) in [6, 6.07) is 6.58. The lowest BCUT2D eigenvalue weighted by Crippen LogP contribution is -2.25. The van der Waals surface area contributed by atoms with E-state index in [1.54, 1.807) is 31.3 Å². The van der Waals surface area contributed by atoms with E-state index in [1.807, 2.05) is 0 Å². The molecule has 0 heterocycles. The van der Waals surface area contributed by atoms with Gasteiger partial charge in [-0.15, -0.1) is 0 Å². The van der Waals surface area contributed by atoms with Crippen molar-refractivity contribution in [2.24, 2.45) is 0 Å². The van der Waals surface area contributed by atoms with Gasteiger partial charge in [-0.1, -0.05) is 6.07 Å². The zero-order chi connectivity index (χ0) is 12.0. The molecule has 1 amide bonds. The second-order valence-electron chi connectivity index (χ2n) is 3.15. The van der Waals surface area contributed by atoms with Crippen LogP contribution in [0, 0.1) is 0 Å². The van der Waals surface area contributed by atoms with Gasteiger partial charge in [0.25, 0.3) is 0 Å². The SMILES string of the molecule is CNCC(=O)Nc1cccc(C(=O)OC)c1. The van der Waals surface area contributed by atoms with Crippen molar-refractivity contribution in [1.82, 2.24) is 5.32 Å². The van der Waals surface area contributed by atoms with E-state index in [0.29, 0.717) is 11.3 Å². The van der Waals surface area contributed by atoms with Crippen LogP contribution in [0.4, 0.5) is 5.69 Å². The van der Waals surface area contributed by atoms with Gasteiger partial charge in [-0.2, -0.15) is 0 Å². The molecule has 0 aliphatic heterocycles. The Kier molecular flexibility index (Phi) is 4.47. The molecule has 0 saturated carbocycles. The minimum absolute atomic E-state index is 0.162. The molecule has 0 saturated heterocycles. The number of nitrogens with one attached hydrogen (secondary N) is 2. The fourth-order valence-electron chi connectivity index (χ4n) is 1.21. The molecule has 0 aromatic heterocycles. The molecule has 0 aliphatic rings. The number of ether oxygens (including phenoxy) is 1. The van der Waals surface area contributed by atoms with Crippen molar-refractivity contribution >= 4 is 17.6 Å². The second kappa shape index (κ2) is 5.87. The normalized spacial score (nSPS) is 9.62. The van der Waals surface area contributed by atoms with Crippen LogP contribution in [-0.4, -0.2) is 32.6 Å². The molecular weight excluding hydrogens is 208 g/mol. The predicted molar refractivity (Wildman–Crippen MR) is 60.3 cm³/mol. The van der Waals surface area contributed by atoms with Gasteiger partial charge in [0, 0.05) is 5.69 Å². The molecule has 0 spiro atoms. The largest absolute Gasteiger partial charge is 0.465 e. The number of amides is 1. The summed E-state index contributed by atoms with van der Waals surface area (Å²) in [6.07, 6.45) is 0. The fraction of sp³-hybridized carbons (Fsp3) is 0.273. The number of anilines is 1. The highest BCUT2D eigenvalue weighted by Gasteiger charge is 2.06. The Morgan fingerprint density at radius 1 is 1.38 bits per heavy atom. The molecule has 0 fully saturated rings. The van der Waals surface area contributed by atoms with E-state index in [2.05, 4.69) is 15.4 Å². The van der Waals surface area contributed by atoms with E-state index in [4.69, 9.17) is 0 Å². The highest BCUT2D eigenvalue weighted by molar-refractivity contribution is 5.95. The van der Waals surface area contributed by atoms with Gasteiger partial charge in [0.1, 0.15) is 0 Å². The number of benzene rings is 1. The van der Waals surface area contributed by atoms with Gasteiger partial charge in [0.05, 0.1) is 19.2 Å². The minimum Gasteiger partial charge on any atom is -0.465 e. The third kappa shape index (κ3) is 3.36. The lowest BCUT2D eigenvalue weighted by molar-refractivity contribution is -0.115. The Balaban J connectivity index is 2.74. The van der Waals surface area contributed by atoms with Crippen molar-refractivity contribution in [3.63, 3.8) is 0 Å². The first-order chi connectivity index (χ1) is 7.67. The highest BCUT2D eigenvalue weighted by Crippen LogP contribution is 2.11. The second-order valence-corrected chi connectivity index (χ2v) is 3.15. The third-order valence-electron chi connectivity index (χ3n) is 1.90. The molecular formula is C11H14N2O3. The third-order valence-corrected chi connectivity index (χ3v) is 1.90. The fourth-order valence-corrected chi connectivity index (χ4v) is 1.21. The van der Waals surface area contributed by atoms with Crippen molar-refractivity contribution < 1.29 is 14.3 Å². The van der Waals surface area contributed by atoms with E-state index in [1.165, 1.54) is 7.11 Å². The Morgan fingerprint density at radius 2 is 2.12 bits per heavy atom. The van der Waals surface area contributed by atoms with E-state index >= 15 is 0 Å². The van der Waals surface area contributed by atoms with E-state index in [0.717, 1.165) is 0 Å². The van der Waals surface area contributed by atoms with Gasteiger partial charge in [0.2, 0.25) is 5.91 Å². The maximum Gasteiger partial charge on any atom is 0.337 e. The van der Waals surface area contributed by atoms with Crippen LogP contribution in [0.1, 0.15) is 10.4 Å². The quantitative estimate of drug-likeness (QED) is 0.733.